The highest BCUT2D eigenvalue weighted by Gasteiger charge is 2.34. The van der Waals surface area contributed by atoms with Crippen LogP contribution < -0.4 is 16.4 Å². The van der Waals surface area contributed by atoms with Crippen molar-refractivity contribution in [1.29, 1.82) is 0 Å². The molecule has 1 aliphatic heterocycles. The monoisotopic (exact) mass is 486 g/mol. The Morgan fingerprint density at radius 1 is 1.19 bits per heavy atom. The number of guanidine groups is 1. The largest absolute Gasteiger partial charge is 0.381 e. The number of hydrogen-bond donors (Lipinski definition) is 3. The molecular formula is C21H35IN4O. The van der Waals surface area contributed by atoms with E-state index in [1.165, 1.54) is 37.7 Å². The summed E-state index contributed by atoms with van der Waals surface area (Å²) >= 11 is 0. The van der Waals surface area contributed by atoms with Gasteiger partial charge in [-0.25, -0.2) is 0 Å². The zero-order chi connectivity index (χ0) is 18.2. The van der Waals surface area contributed by atoms with Crippen molar-refractivity contribution in [2.24, 2.45) is 10.7 Å². The van der Waals surface area contributed by atoms with Gasteiger partial charge in [-0.1, -0.05) is 49.6 Å². The lowest BCUT2D eigenvalue weighted by Gasteiger charge is -2.39. The van der Waals surface area contributed by atoms with E-state index in [-0.39, 0.29) is 35.6 Å². The molecule has 1 aliphatic carbocycles. The van der Waals surface area contributed by atoms with Gasteiger partial charge in [0, 0.05) is 30.8 Å². The van der Waals surface area contributed by atoms with Crippen LogP contribution in [0.5, 0.6) is 0 Å². The summed E-state index contributed by atoms with van der Waals surface area (Å²) in [6, 6.07) is 11.4. The molecule has 0 bridgehead atoms. The van der Waals surface area contributed by atoms with Gasteiger partial charge in [0.2, 0.25) is 0 Å². The fourth-order valence-electron chi connectivity index (χ4n) is 4.13. The predicted molar refractivity (Wildman–Crippen MR) is 123 cm³/mol. The van der Waals surface area contributed by atoms with E-state index < -0.39 is 0 Å². The van der Waals surface area contributed by atoms with Gasteiger partial charge < -0.3 is 21.1 Å². The fourth-order valence-corrected chi connectivity index (χ4v) is 4.13. The first kappa shape index (κ1) is 22.4. The summed E-state index contributed by atoms with van der Waals surface area (Å²) in [6.45, 7) is 4.47. The van der Waals surface area contributed by atoms with E-state index in [9.17, 15) is 0 Å². The number of ether oxygens (including phenoxy) is 1. The van der Waals surface area contributed by atoms with Crippen molar-refractivity contribution in [3.63, 3.8) is 0 Å². The Hall–Kier alpha value is -0.860. The van der Waals surface area contributed by atoms with E-state index in [1.807, 2.05) is 0 Å². The third-order valence-corrected chi connectivity index (χ3v) is 5.78. The number of nitrogens with zero attached hydrogens (tertiary/aromatic N) is 1. The molecule has 0 radical (unpaired) electrons. The molecule has 1 heterocycles. The molecule has 5 nitrogen and oxygen atoms in total. The second-order valence-electron chi connectivity index (χ2n) is 7.85. The molecule has 2 fully saturated rings. The van der Waals surface area contributed by atoms with Crippen LogP contribution in [-0.2, 0) is 4.74 Å². The average molecular weight is 486 g/mol. The predicted octanol–water partition coefficient (Wildman–Crippen LogP) is 3.74. The van der Waals surface area contributed by atoms with E-state index in [0.717, 1.165) is 26.1 Å². The summed E-state index contributed by atoms with van der Waals surface area (Å²) < 4.78 is 5.61. The Morgan fingerprint density at radius 2 is 1.85 bits per heavy atom. The van der Waals surface area contributed by atoms with Crippen LogP contribution in [0.15, 0.2) is 35.3 Å². The zero-order valence-electron chi connectivity index (χ0n) is 16.5. The van der Waals surface area contributed by atoms with E-state index in [2.05, 4.69) is 47.9 Å². The lowest BCUT2D eigenvalue weighted by Crippen LogP contribution is -2.53. The maximum Gasteiger partial charge on any atom is 0.188 e. The van der Waals surface area contributed by atoms with Gasteiger partial charge in [-0.05, 0) is 38.2 Å². The number of nitrogens with one attached hydrogen (secondary N) is 2. The number of aliphatic imine (C=N–C) groups is 1. The Balaban J connectivity index is 0.00000261. The van der Waals surface area contributed by atoms with Crippen molar-refractivity contribution in [2.75, 3.05) is 19.8 Å². The topological polar surface area (TPSA) is 71.7 Å². The van der Waals surface area contributed by atoms with Crippen LogP contribution >= 0.6 is 24.0 Å². The minimum absolute atomic E-state index is 0. The Bertz CT molecular complexity index is 569. The van der Waals surface area contributed by atoms with Crippen LogP contribution in [0.4, 0.5) is 0 Å². The highest BCUT2D eigenvalue weighted by Crippen LogP contribution is 2.26. The molecule has 0 amide bonds. The second kappa shape index (κ2) is 11.2. The van der Waals surface area contributed by atoms with Crippen LogP contribution in [0, 0.1) is 0 Å². The highest BCUT2D eigenvalue weighted by molar-refractivity contribution is 14.0. The third kappa shape index (κ3) is 6.91. The van der Waals surface area contributed by atoms with Gasteiger partial charge >= 0.3 is 0 Å². The van der Waals surface area contributed by atoms with Gasteiger partial charge in [0.15, 0.2) is 5.96 Å². The van der Waals surface area contributed by atoms with Crippen LogP contribution in [0.3, 0.4) is 0 Å². The first-order valence-corrected chi connectivity index (χ1v) is 10.1. The molecule has 6 heteroatoms. The fraction of sp³-hybridized carbons (Fsp3) is 0.667. The van der Waals surface area contributed by atoms with E-state index in [0.29, 0.717) is 18.5 Å². The molecule has 4 N–H and O–H groups in total. The number of nitrogens with two attached hydrogens (primary N) is 1. The van der Waals surface area contributed by atoms with Crippen molar-refractivity contribution in [3.05, 3.63) is 35.9 Å². The van der Waals surface area contributed by atoms with Crippen molar-refractivity contribution in [1.82, 2.24) is 10.6 Å². The zero-order valence-corrected chi connectivity index (χ0v) is 18.8. The lowest BCUT2D eigenvalue weighted by molar-refractivity contribution is 0.0374. The summed E-state index contributed by atoms with van der Waals surface area (Å²) in [7, 11) is 0. The Labute approximate surface area is 180 Å². The maximum atomic E-state index is 6.20. The molecule has 2 aliphatic rings. The van der Waals surface area contributed by atoms with E-state index in [1.54, 1.807) is 0 Å². The van der Waals surface area contributed by atoms with E-state index >= 15 is 0 Å². The van der Waals surface area contributed by atoms with Crippen LogP contribution in [0.1, 0.15) is 63.5 Å². The minimum atomic E-state index is -0.0492. The van der Waals surface area contributed by atoms with Gasteiger partial charge in [0.25, 0.3) is 0 Å². The minimum Gasteiger partial charge on any atom is -0.381 e. The Morgan fingerprint density at radius 3 is 2.52 bits per heavy atom. The van der Waals surface area contributed by atoms with Crippen molar-refractivity contribution >= 4 is 29.9 Å². The second-order valence-corrected chi connectivity index (χ2v) is 7.85. The summed E-state index contributed by atoms with van der Waals surface area (Å²) in [5.74, 6) is 0.594. The van der Waals surface area contributed by atoms with Crippen molar-refractivity contribution < 1.29 is 4.74 Å². The van der Waals surface area contributed by atoms with Crippen molar-refractivity contribution in [2.45, 2.75) is 69.5 Å². The molecule has 27 heavy (non-hydrogen) atoms. The molecule has 1 saturated heterocycles. The average Bonchev–Trinajstić information content (AvgIpc) is 2.69. The van der Waals surface area contributed by atoms with Crippen molar-refractivity contribution in [3.8, 4) is 0 Å². The summed E-state index contributed by atoms with van der Waals surface area (Å²) in [6.07, 6.45) is 8.27. The molecule has 3 rings (SSSR count). The number of hydrogen-bond acceptors (Lipinski definition) is 3. The number of rotatable bonds is 6. The maximum absolute atomic E-state index is 6.20. The molecule has 1 saturated carbocycles. The molecular weight excluding hydrogens is 451 g/mol. The van der Waals surface area contributed by atoms with Gasteiger partial charge in [0.1, 0.15) is 0 Å². The van der Waals surface area contributed by atoms with Gasteiger partial charge in [-0.3, -0.25) is 4.99 Å². The molecule has 1 atom stereocenters. The van der Waals surface area contributed by atoms with Crippen LogP contribution in [0.25, 0.3) is 0 Å². The number of benzene rings is 1. The normalized spacial score (nSPS) is 21.9. The summed E-state index contributed by atoms with van der Waals surface area (Å²) in [5.41, 5.74) is 7.45. The molecule has 1 unspecified atom stereocenters. The summed E-state index contributed by atoms with van der Waals surface area (Å²) in [5, 5.41) is 7.27. The molecule has 1 aromatic rings. The Kier molecular flexibility index (Phi) is 9.32. The molecule has 0 aromatic heterocycles. The smallest absolute Gasteiger partial charge is 0.188 e. The van der Waals surface area contributed by atoms with Crippen LogP contribution in [-0.4, -0.2) is 37.3 Å². The SMILES string of the molecule is CC(NC1(CN=C(N)NC2CCCCC2)CCOCC1)c1ccccc1.I. The standard InChI is InChI=1S/C21H34N4O.HI/c1-17(18-8-4-2-5-9-18)25-21(12-14-26-15-13-21)16-23-20(22)24-19-10-6-3-7-11-19;/h2,4-5,8-9,17,19,25H,3,6-7,10-16H2,1H3,(H3,22,23,24);1H. The van der Waals surface area contributed by atoms with Gasteiger partial charge in [-0.15, -0.1) is 24.0 Å². The molecule has 1 aromatic carbocycles. The summed E-state index contributed by atoms with van der Waals surface area (Å²) in [4.78, 5) is 4.73. The first-order chi connectivity index (χ1) is 12.7. The third-order valence-electron chi connectivity index (χ3n) is 5.78. The van der Waals surface area contributed by atoms with Gasteiger partial charge in [-0.2, -0.15) is 0 Å². The molecule has 0 spiro atoms. The van der Waals surface area contributed by atoms with Gasteiger partial charge in [0.05, 0.1) is 6.54 Å². The number of halogens is 1. The highest BCUT2D eigenvalue weighted by atomic mass is 127. The van der Waals surface area contributed by atoms with Crippen LogP contribution in [0.2, 0.25) is 0 Å². The molecule has 152 valence electrons. The van der Waals surface area contributed by atoms with E-state index in [4.69, 9.17) is 15.5 Å². The lowest BCUT2D eigenvalue weighted by atomic mass is 9.88. The quantitative estimate of drug-likeness (QED) is 0.326. The first-order valence-electron chi connectivity index (χ1n) is 10.1.